The molecule has 0 unspecified atom stereocenters. The summed E-state index contributed by atoms with van der Waals surface area (Å²) >= 11 is 5.87. The molecule has 1 saturated heterocycles. The Balaban J connectivity index is 2.82. The molecule has 0 radical (unpaired) electrons. The number of hydrogen-bond donors (Lipinski definition) is 1. The standard InChI is InChI=1S/C14H14ClN3O4/c1-7-6-8(15)4-5-9(7)14(10(16)19)11(20)17(2)13(22)18(3)12(14)21/h4-6H,1-3H3,(H2,16,19). The van der Waals surface area contributed by atoms with E-state index in [4.69, 9.17) is 17.3 Å². The Hall–Kier alpha value is -2.41. The van der Waals surface area contributed by atoms with Gasteiger partial charge in [-0.3, -0.25) is 24.2 Å². The number of barbiturate groups is 1. The van der Waals surface area contributed by atoms with E-state index in [1.165, 1.54) is 32.3 Å². The quantitative estimate of drug-likeness (QED) is 0.797. The molecule has 2 N–H and O–H groups in total. The van der Waals surface area contributed by atoms with E-state index in [1.54, 1.807) is 6.92 Å². The van der Waals surface area contributed by atoms with Crippen molar-refractivity contribution in [3.8, 4) is 0 Å². The number of rotatable bonds is 2. The van der Waals surface area contributed by atoms with Crippen LogP contribution in [0.5, 0.6) is 0 Å². The molecule has 0 bridgehead atoms. The van der Waals surface area contributed by atoms with Crippen molar-refractivity contribution in [2.45, 2.75) is 12.3 Å². The van der Waals surface area contributed by atoms with Crippen LogP contribution in [0.25, 0.3) is 0 Å². The van der Waals surface area contributed by atoms with Crippen molar-refractivity contribution in [1.82, 2.24) is 9.80 Å². The summed E-state index contributed by atoms with van der Waals surface area (Å²) in [6, 6.07) is 3.54. The summed E-state index contributed by atoms with van der Waals surface area (Å²) in [7, 11) is 2.38. The Morgan fingerprint density at radius 3 is 2.05 bits per heavy atom. The third-order valence-corrected chi connectivity index (χ3v) is 4.02. The number of urea groups is 1. The third-order valence-electron chi connectivity index (χ3n) is 3.79. The molecule has 0 saturated carbocycles. The zero-order valence-electron chi connectivity index (χ0n) is 12.2. The molecule has 1 aromatic rings. The molecule has 0 spiro atoms. The van der Waals surface area contributed by atoms with E-state index in [0.29, 0.717) is 20.4 Å². The second-order valence-electron chi connectivity index (χ2n) is 5.08. The molecule has 116 valence electrons. The van der Waals surface area contributed by atoms with Gasteiger partial charge in [0.25, 0.3) is 11.8 Å². The Labute approximate surface area is 131 Å². The molecule has 7 nitrogen and oxygen atoms in total. The summed E-state index contributed by atoms with van der Waals surface area (Å²) in [5.41, 5.74) is 3.71. The number of nitrogens with zero attached hydrogens (tertiary/aromatic N) is 2. The summed E-state index contributed by atoms with van der Waals surface area (Å²) in [5, 5.41) is 0.384. The van der Waals surface area contributed by atoms with E-state index in [2.05, 4.69) is 0 Å². The van der Waals surface area contributed by atoms with Gasteiger partial charge in [-0.1, -0.05) is 17.7 Å². The molecule has 1 fully saturated rings. The van der Waals surface area contributed by atoms with Crippen molar-refractivity contribution in [1.29, 1.82) is 0 Å². The average molecular weight is 324 g/mol. The van der Waals surface area contributed by atoms with Gasteiger partial charge in [-0.2, -0.15) is 0 Å². The van der Waals surface area contributed by atoms with Crippen LogP contribution in [0.1, 0.15) is 11.1 Å². The fraction of sp³-hybridized carbons (Fsp3) is 0.286. The van der Waals surface area contributed by atoms with Gasteiger partial charge in [0.15, 0.2) is 0 Å². The minimum atomic E-state index is -2.27. The normalized spacial score (nSPS) is 17.9. The first kappa shape index (κ1) is 16.0. The molecule has 0 aromatic heterocycles. The SMILES string of the molecule is Cc1cc(Cl)ccc1C1(C(N)=O)C(=O)N(C)C(=O)N(C)C1=O. The highest BCUT2D eigenvalue weighted by atomic mass is 35.5. The highest BCUT2D eigenvalue weighted by Gasteiger charge is 2.61. The summed E-state index contributed by atoms with van der Waals surface area (Å²) in [6.07, 6.45) is 0. The average Bonchev–Trinajstić information content (AvgIpc) is 2.45. The zero-order valence-corrected chi connectivity index (χ0v) is 13.0. The summed E-state index contributed by atoms with van der Waals surface area (Å²) in [4.78, 5) is 50.6. The number of likely N-dealkylation sites (N-methyl/N-ethyl adjacent to an activating group) is 2. The second-order valence-corrected chi connectivity index (χ2v) is 5.52. The van der Waals surface area contributed by atoms with Crippen LogP contribution in [-0.4, -0.2) is 47.6 Å². The number of carbonyl (C=O) groups excluding carboxylic acids is 4. The van der Waals surface area contributed by atoms with Crippen LogP contribution < -0.4 is 5.73 Å². The van der Waals surface area contributed by atoms with Crippen LogP contribution in [0.4, 0.5) is 4.79 Å². The molecule has 22 heavy (non-hydrogen) atoms. The van der Waals surface area contributed by atoms with Gasteiger partial charge in [-0.05, 0) is 30.2 Å². The first-order valence-electron chi connectivity index (χ1n) is 6.32. The van der Waals surface area contributed by atoms with E-state index in [1.807, 2.05) is 0 Å². The summed E-state index contributed by atoms with van der Waals surface area (Å²) in [6.45, 7) is 1.60. The summed E-state index contributed by atoms with van der Waals surface area (Å²) < 4.78 is 0. The number of benzene rings is 1. The molecule has 1 aromatic carbocycles. The minimum absolute atomic E-state index is 0.116. The van der Waals surface area contributed by atoms with E-state index in [-0.39, 0.29) is 5.56 Å². The Kier molecular flexibility index (Phi) is 3.70. The molecular weight excluding hydrogens is 310 g/mol. The number of primary amides is 1. The molecule has 1 aliphatic rings. The lowest BCUT2D eigenvalue weighted by Gasteiger charge is -2.40. The van der Waals surface area contributed by atoms with Crippen LogP contribution in [-0.2, 0) is 19.8 Å². The lowest BCUT2D eigenvalue weighted by Crippen LogP contribution is -2.69. The smallest absolute Gasteiger partial charge is 0.332 e. The number of carbonyl (C=O) groups is 4. The fourth-order valence-electron chi connectivity index (χ4n) is 2.62. The predicted molar refractivity (Wildman–Crippen MR) is 78.0 cm³/mol. The van der Waals surface area contributed by atoms with Crippen molar-refractivity contribution in [2.75, 3.05) is 14.1 Å². The van der Waals surface area contributed by atoms with Gasteiger partial charge in [0.1, 0.15) is 0 Å². The maximum atomic E-state index is 12.6. The molecule has 1 heterocycles. The van der Waals surface area contributed by atoms with Gasteiger partial charge in [0, 0.05) is 19.1 Å². The predicted octanol–water partition coefficient (Wildman–Crippen LogP) is 0.422. The number of nitrogens with two attached hydrogens (primary N) is 1. The number of halogens is 1. The number of imide groups is 2. The lowest BCUT2D eigenvalue weighted by molar-refractivity contribution is -0.154. The van der Waals surface area contributed by atoms with Gasteiger partial charge in [0.2, 0.25) is 11.3 Å². The summed E-state index contributed by atoms with van der Waals surface area (Å²) in [5.74, 6) is -3.09. The molecular formula is C14H14ClN3O4. The van der Waals surface area contributed by atoms with Crippen molar-refractivity contribution in [3.63, 3.8) is 0 Å². The van der Waals surface area contributed by atoms with Crippen LogP contribution >= 0.6 is 11.6 Å². The van der Waals surface area contributed by atoms with Crippen LogP contribution in [0, 0.1) is 6.92 Å². The van der Waals surface area contributed by atoms with Gasteiger partial charge in [0.05, 0.1) is 0 Å². The number of amides is 5. The first-order chi connectivity index (χ1) is 10.2. The van der Waals surface area contributed by atoms with E-state index >= 15 is 0 Å². The van der Waals surface area contributed by atoms with Crippen LogP contribution in [0.15, 0.2) is 18.2 Å². The van der Waals surface area contributed by atoms with Gasteiger partial charge >= 0.3 is 6.03 Å². The highest BCUT2D eigenvalue weighted by molar-refractivity contribution is 6.34. The van der Waals surface area contributed by atoms with Gasteiger partial charge < -0.3 is 5.73 Å². The second kappa shape index (κ2) is 5.10. The lowest BCUT2D eigenvalue weighted by atomic mass is 9.74. The van der Waals surface area contributed by atoms with Crippen molar-refractivity contribution >= 4 is 35.4 Å². The van der Waals surface area contributed by atoms with Crippen LogP contribution in [0.3, 0.4) is 0 Å². The molecule has 5 amide bonds. The van der Waals surface area contributed by atoms with Gasteiger partial charge in [-0.25, -0.2) is 4.79 Å². The third kappa shape index (κ3) is 1.89. The number of aryl methyl sites for hydroxylation is 1. The monoisotopic (exact) mass is 323 g/mol. The Morgan fingerprint density at radius 2 is 1.64 bits per heavy atom. The maximum Gasteiger partial charge on any atom is 0.332 e. The fourth-order valence-corrected chi connectivity index (χ4v) is 2.84. The Morgan fingerprint density at radius 1 is 1.14 bits per heavy atom. The van der Waals surface area contributed by atoms with E-state index < -0.39 is 29.2 Å². The molecule has 1 aliphatic heterocycles. The molecule has 2 rings (SSSR count). The van der Waals surface area contributed by atoms with Crippen molar-refractivity contribution in [3.05, 3.63) is 34.3 Å². The highest BCUT2D eigenvalue weighted by Crippen LogP contribution is 2.35. The molecule has 8 heteroatoms. The maximum absolute atomic E-state index is 12.6. The first-order valence-corrected chi connectivity index (χ1v) is 6.70. The van der Waals surface area contributed by atoms with Crippen molar-refractivity contribution < 1.29 is 19.2 Å². The van der Waals surface area contributed by atoms with E-state index in [9.17, 15) is 19.2 Å². The Bertz CT molecular complexity index is 692. The molecule has 0 aliphatic carbocycles. The zero-order chi connectivity index (χ0) is 16.8. The minimum Gasteiger partial charge on any atom is -0.368 e. The number of hydrogen-bond acceptors (Lipinski definition) is 4. The van der Waals surface area contributed by atoms with E-state index in [0.717, 1.165) is 0 Å². The topological polar surface area (TPSA) is 101 Å². The van der Waals surface area contributed by atoms with Crippen molar-refractivity contribution in [2.24, 2.45) is 5.73 Å². The van der Waals surface area contributed by atoms with Gasteiger partial charge in [-0.15, -0.1) is 0 Å². The molecule has 0 atom stereocenters. The largest absolute Gasteiger partial charge is 0.368 e. The van der Waals surface area contributed by atoms with Crippen LogP contribution in [0.2, 0.25) is 5.02 Å².